The molecule has 0 radical (unpaired) electrons. The Hall–Kier alpha value is -1.04. The number of morpholine rings is 1. The van der Waals surface area contributed by atoms with Crippen molar-refractivity contribution in [1.82, 2.24) is 10.4 Å². The average Bonchev–Trinajstić information content (AvgIpc) is 2.32. The van der Waals surface area contributed by atoms with Crippen molar-refractivity contribution in [2.24, 2.45) is 0 Å². The largest absolute Gasteiger partial charge is 0.379 e. The number of hydrogen-bond donors (Lipinski definition) is 1. The molecule has 1 aromatic rings. The number of nitrogens with zero attached hydrogens (tertiary/aromatic N) is 1. The van der Waals surface area contributed by atoms with E-state index in [1.807, 2.05) is 5.01 Å². The van der Waals surface area contributed by atoms with Crippen molar-refractivity contribution in [3.8, 4) is 0 Å². The maximum Gasteiger partial charge on any atom is 0.159 e. The molecule has 3 nitrogen and oxygen atoms in total. The number of benzene rings is 1. The summed E-state index contributed by atoms with van der Waals surface area (Å²) in [5.41, 5.74) is 3.88. The molecule has 0 unspecified atom stereocenters. The predicted octanol–water partition coefficient (Wildman–Crippen LogP) is 1.30. The van der Waals surface area contributed by atoms with Crippen molar-refractivity contribution in [3.63, 3.8) is 0 Å². The highest BCUT2D eigenvalue weighted by atomic mass is 19.2. The molecule has 0 bridgehead atoms. The Labute approximate surface area is 93.0 Å². The van der Waals surface area contributed by atoms with Gasteiger partial charge in [0, 0.05) is 19.6 Å². The van der Waals surface area contributed by atoms with Crippen LogP contribution in [0.15, 0.2) is 18.2 Å². The Morgan fingerprint density at radius 3 is 2.62 bits per heavy atom. The second-order valence-corrected chi connectivity index (χ2v) is 3.68. The molecule has 1 aromatic carbocycles. The van der Waals surface area contributed by atoms with E-state index in [4.69, 9.17) is 4.74 Å². The number of ether oxygens (including phenoxy) is 1. The van der Waals surface area contributed by atoms with Gasteiger partial charge in [-0.1, -0.05) is 6.07 Å². The Balaban J connectivity index is 1.86. The molecule has 0 atom stereocenters. The van der Waals surface area contributed by atoms with E-state index in [1.165, 1.54) is 6.07 Å². The fourth-order valence-electron chi connectivity index (χ4n) is 1.57. The topological polar surface area (TPSA) is 24.5 Å². The van der Waals surface area contributed by atoms with Crippen molar-refractivity contribution < 1.29 is 13.5 Å². The lowest BCUT2D eigenvalue weighted by molar-refractivity contribution is 0.0105. The van der Waals surface area contributed by atoms with E-state index in [0.717, 1.165) is 24.7 Å². The normalized spacial score (nSPS) is 17.6. The first-order valence-electron chi connectivity index (χ1n) is 5.26. The fourth-order valence-corrected chi connectivity index (χ4v) is 1.57. The highest BCUT2D eigenvalue weighted by molar-refractivity contribution is 5.17. The standard InChI is InChI=1S/C11H14F2N2O/c12-10-2-1-9(7-11(10)13)8-14-15-3-5-16-6-4-15/h1-2,7,14H,3-6,8H2. The van der Waals surface area contributed by atoms with E-state index in [-0.39, 0.29) is 0 Å². The Morgan fingerprint density at radius 1 is 1.19 bits per heavy atom. The zero-order valence-corrected chi connectivity index (χ0v) is 8.88. The molecule has 16 heavy (non-hydrogen) atoms. The summed E-state index contributed by atoms with van der Waals surface area (Å²) in [6, 6.07) is 3.93. The van der Waals surface area contributed by atoms with E-state index in [2.05, 4.69) is 5.43 Å². The van der Waals surface area contributed by atoms with Crippen LogP contribution in [0.4, 0.5) is 8.78 Å². The smallest absolute Gasteiger partial charge is 0.159 e. The van der Waals surface area contributed by atoms with Gasteiger partial charge in [-0.15, -0.1) is 0 Å². The highest BCUT2D eigenvalue weighted by Crippen LogP contribution is 2.08. The lowest BCUT2D eigenvalue weighted by Gasteiger charge is -2.27. The molecule has 1 fully saturated rings. The van der Waals surface area contributed by atoms with Gasteiger partial charge in [0.25, 0.3) is 0 Å². The molecule has 1 heterocycles. The molecule has 0 saturated carbocycles. The summed E-state index contributed by atoms with van der Waals surface area (Å²) < 4.78 is 30.8. The number of hydrazine groups is 1. The maximum atomic E-state index is 12.9. The van der Waals surface area contributed by atoms with E-state index in [9.17, 15) is 8.78 Å². The molecule has 0 spiro atoms. The van der Waals surface area contributed by atoms with Crippen LogP contribution >= 0.6 is 0 Å². The van der Waals surface area contributed by atoms with Gasteiger partial charge in [0.2, 0.25) is 0 Å². The molecule has 0 amide bonds. The van der Waals surface area contributed by atoms with Crippen molar-refractivity contribution in [2.45, 2.75) is 6.54 Å². The van der Waals surface area contributed by atoms with Crippen molar-refractivity contribution in [2.75, 3.05) is 26.3 Å². The lowest BCUT2D eigenvalue weighted by atomic mass is 10.2. The van der Waals surface area contributed by atoms with Gasteiger partial charge in [0.1, 0.15) is 0 Å². The van der Waals surface area contributed by atoms with Crippen molar-refractivity contribution >= 4 is 0 Å². The molecule has 1 aliphatic rings. The first-order chi connectivity index (χ1) is 7.75. The van der Waals surface area contributed by atoms with E-state index in [0.29, 0.717) is 19.8 Å². The van der Waals surface area contributed by atoms with Gasteiger partial charge in [-0.3, -0.25) is 5.43 Å². The molecule has 88 valence electrons. The third-order valence-electron chi connectivity index (χ3n) is 2.50. The van der Waals surface area contributed by atoms with Crippen molar-refractivity contribution in [1.29, 1.82) is 0 Å². The van der Waals surface area contributed by atoms with Crippen LogP contribution in [0.2, 0.25) is 0 Å². The Bertz CT molecular complexity index is 354. The van der Waals surface area contributed by atoms with Crippen LogP contribution in [0.25, 0.3) is 0 Å². The zero-order valence-electron chi connectivity index (χ0n) is 8.88. The first kappa shape index (κ1) is 11.4. The van der Waals surface area contributed by atoms with E-state index < -0.39 is 11.6 Å². The summed E-state index contributed by atoms with van der Waals surface area (Å²) in [5, 5.41) is 2.02. The van der Waals surface area contributed by atoms with Crippen LogP contribution in [-0.2, 0) is 11.3 Å². The minimum atomic E-state index is -0.810. The molecular weight excluding hydrogens is 214 g/mol. The summed E-state index contributed by atoms with van der Waals surface area (Å²) in [6.45, 7) is 3.51. The van der Waals surface area contributed by atoms with Crippen LogP contribution in [-0.4, -0.2) is 31.3 Å². The zero-order chi connectivity index (χ0) is 11.4. The van der Waals surface area contributed by atoms with E-state index in [1.54, 1.807) is 6.07 Å². The maximum absolute atomic E-state index is 12.9. The molecule has 0 aliphatic carbocycles. The van der Waals surface area contributed by atoms with Gasteiger partial charge in [-0.2, -0.15) is 0 Å². The third kappa shape index (κ3) is 2.98. The molecular formula is C11H14F2N2O. The molecule has 0 aromatic heterocycles. The summed E-state index contributed by atoms with van der Waals surface area (Å²) in [4.78, 5) is 0. The van der Waals surface area contributed by atoms with Gasteiger partial charge in [-0.25, -0.2) is 13.8 Å². The fraction of sp³-hybridized carbons (Fsp3) is 0.455. The minimum absolute atomic E-state index is 0.497. The number of halogens is 2. The van der Waals surface area contributed by atoms with Gasteiger partial charge < -0.3 is 4.74 Å². The highest BCUT2D eigenvalue weighted by Gasteiger charge is 2.09. The average molecular weight is 228 g/mol. The number of nitrogens with one attached hydrogen (secondary N) is 1. The molecule has 2 rings (SSSR count). The lowest BCUT2D eigenvalue weighted by Crippen LogP contribution is -2.45. The summed E-state index contributed by atoms with van der Waals surface area (Å²) >= 11 is 0. The van der Waals surface area contributed by atoms with Gasteiger partial charge >= 0.3 is 0 Å². The molecule has 1 N–H and O–H groups in total. The Morgan fingerprint density at radius 2 is 1.94 bits per heavy atom. The summed E-state index contributed by atoms with van der Waals surface area (Å²) in [6.07, 6.45) is 0. The monoisotopic (exact) mass is 228 g/mol. The minimum Gasteiger partial charge on any atom is -0.379 e. The Kier molecular flexibility index (Phi) is 3.82. The quantitative estimate of drug-likeness (QED) is 0.844. The van der Waals surface area contributed by atoms with Crippen LogP contribution in [0.5, 0.6) is 0 Å². The van der Waals surface area contributed by atoms with E-state index >= 15 is 0 Å². The molecule has 5 heteroatoms. The van der Waals surface area contributed by atoms with Gasteiger partial charge in [-0.05, 0) is 17.7 Å². The third-order valence-corrected chi connectivity index (χ3v) is 2.50. The van der Waals surface area contributed by atoms with Crippen LogP contribution in [0.3, 0.4) is 0 Å². The summed E-state index contributed by atoms with van der Waals surface area (Å²) in [7, 11) is 0. The molecule has 1 saturated heterocycles. The van der Waals surface area contributed by atoms with Crippen LogP contribution in [0, 0.1) is 11.6 Å². The number of rotatable bonds is 3. The van der Waals surface area contributed by atoms with Crippen LogP contribution in [0.1, 0.15) is 5.56 Å². The number of hydrogen-bond acceptors (Lipinski definition) is 3. The predicted molar refractivity (Wildman–Crippen MR) is 55.6 cm³/mol. The summed E-state index contributed by atoms with van der Waals surface area (Å²) in [5.74, 6) is -1.61. The first-order valence-corrected chi connectivity index (χ1v) is 5.26. The van der Waals surface area contributed by atoms with Crippen molar-refractivity contribution in [3.05, 3.63) is 35.4 Å². The molecule has 1 aliphatic heterocycles. The van der Waals surface area contributed by atoms with Crippen LogP contribution < -0.4 is 5.43 Å². The van der Waals surface area contributed by atoms with Gasteiger partial charge in [0.05, 0.1) is 13.2 Å². The SMILES string of the molecule is Fc1ccc(CNN2CCOCC2)cc1F. The second kappa shape index (κ2) is 5.34. The second-order valence-electron chi connectivity index (χ2n) is 3.68. The van der Waals surface area contributed by atoms with Gasteiger partial charge in [0.15, 0.2) is 11.6 Å².